The zero-order valence-corrected chi connectivity index (χ0v) is 7.72. The van der Waals surface area contributed by atoms with Gasteiger partial charge in [0.25, 0.3) is 0 Å². The van der Waals surface area contributed by atoms with Gasteiger partial charge in [0.05, 0.1) is 24.9 Å². The number of hydrogen-bond donors (Lipinski definition) is 1. The second-order valence-corrected chi connectivity index (χ2v) is 3.57. The van der Waals surface area contributed by atoms with Crippen molar-refractivity contribution in [2.24, 2.45) is 0 Å². The second kappa shape index (κ2) is 3.42. The average molecular weight is 196 g/mol. The van der Waals surface area contributed by atoms with Crippen LogP contribution in [0.5, 0.6) is 0 Å². The lowest BCUT2D eigenvalue weighted by Crippen LogP contribution is -2.35. The van der Waals surface area contributed by atoms with Crippen molar-refractivity contribution in [1.29, 1.82) is 0 Å². The highest BCUT2D eigenvalue weighted by atomic mass is 16.5. The van der Waals surface area contributed by atoms with Crippen LogP contribution in [-0.4, -0.2) is 33.8 Å². The molecule has 1 aliphatic rings. The van der Waals surface area contributed by atoms with E-state index in [0.717, 1.165) is 6.42 Å². The highest BCUT2D eigenvalue weighted by Crippen LogP contribution is 2.30. The van der Waals surface area contributed by atoms with Crippen molar-refractivity contribution >= 4 is 5.97 Å². The van der Waals surface area contributed by atoms with Crippen LogP contribution in [0.15, 0.2) is 18.7 Å². The van der Waals surface area contributed by atoms with E-state index in [0.29, 0.717) is 13.2 Å². The molecule has 1 unspecified atom stereocenters. The maximum Gasteiger partial charge on any atom is 0.305 e. The minimum absolute atomic E-state index is 0.0867. The molecule has 1 atom stereocenters. The van der Waals surface area contributed by atoms with Gasteiger partial charge in [-0.2, -0.15) is 0 Å². The van der Waals surface area contributed by atoms with Crippen LogP contribution in [-0.2, 0) is 15.1 Å². The van der Waals surface area contributed by atoms with E-state index in [2.05, 4.69) is 4.98 Å². The second-order valence-electron chi connectivity index (χ2n) is 3.57. The summed E-state index contributed by atoms with van der Waals surface area (Å²) in [7, 11) is 0. The Morgan fingerprint density at radius 2 is 2.57 bits per heavy atom. The highest BCUT2D eigenvalue weighted by molar-refractivity contribution is 5.68. The summed E-state index contributed by atoms with van der Waals surface area (Å²) in [5, 5.41) is 8.85. The van der Waals surface area contributed by atoms with Crippen molar-refractivity contribution in [3.63, 3.8) is 0 Å². The van der Waals surface area contributed by atoms with Crippen LogP contribution in [0.1, 0.15) is 12.8 Å². The van der Waals surface area contributed by atoms with Crippen molar-refractivity contribution < 1.29 is 14.6 Å². The summed E-state index contributed by atoms with van der Waals surface area (Å²) >= 11 is 0. The van der Waals surface area contributed by atoms with E-state index in [9.17, 15) is 4.79 Å². The van der Waals surface area contributed by atoms with Crippen molar-refractivity contribution in [3.8, 4) is 0 Å². The Morgan fingerprint density at radius 1 is 1.71 bits per heavy atom. The topological polar surface area (TPSA) is 64.3 Å². The third-order valence-electron chi connectivity index (χ3n) is 2.61. The van der Waals surface area contributed by atoms with Crippen LogP contribution < -0.4 is 0 Å². The van der Waals surface area contributed by atoms with Gasteiger partial charge in [-0.15, -0.1) is 0 Å². The summed E-state index contributed by atoms with van der Waals surface area (Å²) < 4.78 is 7.11. The van der Waals surface area contributed by atoms with E-state index in [1.807, 2.05) is 4.57 Å². The van der Waals surface area contributed by atoms with Crippen LogP contribution in [0.4, 0.5) is 0 Å². The number of imidazole rings is 1. The monoisotopic (exact) mass is 196 g/mol. The number of rotatable bonds is 3. The van der Waals surface area contributed by atoms with Gasteiger partial charge in [-0.3, -0.25) is 4.79 Å². The summed E-state index contributed by atoms with van der Waals surface area (Å²) in [5.74, 6) is -0.802. The van der Waals surface area contributed by atoms with Crippen LogP contribution >= 0.6 is 0 Å². The molecule has 5 nitrogen and oxygen atoms in total. The van der Waals surface area contributed by atoms with Gasteiger partial charge in [-0.25, -0.2) is 4.98 Å². The number of hydrogen-bond acceptors (Lipinski definition) is 3. The van der Waals surface area contributed by atoms with Crippen LogP contribution in [0.2, 0.25) is 0 Å². The Hall–Kier alpha value is -1.36. The number of carboxylic acids is 1. The standard InChI is InChI=1S/C9H12N2O3/c12-8(13)5-9(1-4-14-6-9)11-3-2-10-7-11/h2-3,7H,1,4-6H2,(H,12,13). The molecule has 1 fully saturated rings. The molecule has 1 aliphatic heterocycles. The molecule has 1 aromatic rings. The summed E-state index contributed by atoms with van der Waals surface area (Å²) in [4.78, 5) is 14.7. The largest absolute Gasteiger partial charge is 0.481 e. The third kappa shape index (κ3) is 1.50. The Kier molecular flexibility index (Phi) is 2.25. The summed E-state index contributed by atoms with van der Waals surface area (Å²) in [6, 6.07) is 0. The minimum Gasteiger partial charge on any atom is -0.481 e. The summed E-state index contributed by atoms with van der Waals surface area (Å²) in [6.45, 7) is 1.07. The molecule has 0 amide bonds. The molecule has 0 aliphatic carbocycles. The van der Waals surface area contributed by atoms with Crippen LogP contribution in [0, 0.1) is 0 Å². The smallest absolute Gasteiger partial charge is 0.305 e. The first kappa shape index (κ1) is 9.21. The lowest BCUT2D eigenvalue weighted by atomic mass is 9.94. The zero-order valence-electron chi connectivity index (χ0n) is 7.72. The first-order chi connectivity index (χ1) is 6.73. The molecule has 1 saturated heterocycles. The molecule has 0 radical (unpaired) electrons. The number of carbonyl (C=O) groups is 1. The fourth-order valence-electron chi connectivity index (χ4n) is 1.85. The lowest BCUT2D eigenvalue weighted by molar-refractivity contribution is -0.139. The van der Waals surface area contributed by atoms with E-state index in [1.54, 1.807) is 18.7 Å². The summed E-state index contributed by atoms with van der Waals surface area (Å²) in [5.41, 5.74) is -0.428. The molecule has 0 aromatic carbocycles. The van der Waals surface area contributed by atoms with E-state index < -0.39 is 11.5 Å². The number of aliphatic carboxylic acids is 1. The van der Waals surface area contributed by atoms with Gasteiger partial charge in [0, 0.05) is 19.0 Å². The molecule has 1 N–H and O–H groups in total. The van der Waals surface area contributed by atoms with Crippen LogP contribution in [0.3, 0.4) is 0 Å². The Balaban J connectivity index is 2.26. The predicted molar refractivity (Wildman–Crippen MR) is 47.9 cm³/mol. The average Bonchev–Trinajstić information content (AvgIpc) is 2.69. The molecule has 2 heterocycles. The van der Waals surface area contributed by atoms with Gasteiger partial charge in [0.15, 0.2) is 0 Å². The number of nitrogens with zero attached hydrogens (tertiary/aromatic N) is 2. The molecular formula is C9H12N2O3. The molecule has 5 heteroatoms. The summed E-state index contributed by atoms with van der Waals surface area (Å²) in [6.07, 6.45) is 5.91. The third-order valence-corrected chi connectivity index (χ3v) is 2.61. The fourth-order valence-corrected chi connectivity index (χ4v) is 1.85. The van der Waals surface area contributed by atoms with Gasteiger partial charge in [0.1, 0.15) is 0 Å². The molecular weight excluding hydrogens is 184 g/mol. The molecule has 14 heavy (non-hydrogen) atoms. The Labute approximate surface area is 81.3 Å². The fraction of sp³-hybridized carbons (Fsp3) is 0.556. The molecule has 0 spiro atoms. The molecule has 0 bridgehead atoms. The molecule has 76 valence electrons. The van der Waals surface area contributed by atoms with Gasteiger partial charge in [-0.1, -0.05) is 0 Å². The van der Waals surface area contributed by atoms with Crippen molar-refractivity contribution in [2.75, 3.05) is 13.2 Å². The van der Waals surface area contributed by atoms with E-state index in [4.69, 9.17) is 9.84 Å². The van der Waals surface area contributed by atoms with E-state index in [-0.39, 0.29) is 6.42 Å². The van der Waals surface area contributed by atoms with Gasteiger partial charge in [0.2, 0.25) is 0 Å². The molecule has 0 saturated carbocycles. The zero-order chi connectivity index (χ0) is 10.0. The van der Waals surface area contributed by atoms with Gasteiger partial charge in [-0.05, 0) is 6.42 Å². The van der Waals surface area contributed by atoms with Gasteiger partial charge < -0.3 is 14.4 Å². The minimum atomic E-state index is -0.802. The Morgan fingerprint density at radius 3 is 3.07 bits per heavy atom. The number of carboxylic acid groups (broad SMARTS) is 1. The van der Waals surface area contributed by atoms with E-state index in [1.165, 1.54) is 0 Å². The normalized spacial score (nSPS) is 26.6. The maximum absolute atomic E-state index is 10.8. The first-order valence-corrected chi connectivity index (χ1v) is 4.51. The van der Waals surface area contributed by atoms with Gasteiger partial charge >= 0.3 is 5.97 Å². The highest BCUT2D eigenvalue weighted by Gasteiger charge is 2.38. The van der Waals surface area contributed by atoms with Crippen molar-refractivity contribution in [2.45, 2.75) is 18.4 Å². The number of aromatic nitrogens is 2. The number of ether oxygens (including phenoxy) is 1. The Bertz CT molecular complexity index is 315. The molecule has 1 aromatic heterocycles. The van der Waals surface area contributed by atoms with E-state index >= 15 is 0 Å². The SMILES string of the molecule is O=C(O)CC1(n2ccnc2)CCOC1. The van der Waals surface area contributed by atoms with Crippen molar-refractivity contribution in [3.05, 3.63) is 18.7 Å². The van der Waals surface area contributed by atoms with Crippen LogP contribution in [0.25, 0.3) is 0 Å². The maximum atomic E-state index is 10.8. The lowest BCUT2D eigenvalue weighted by Gasteiger charge is -2.26. The molecule has 2 rings (SSSR count). The van der Waals surface area contributed by atoms with Crippen molar-refractivity contribution in [1.82, 2.24) is 9.55 Å². The first-order valence-electron chi connectivity index (χ1n) is 4.51. The quantitative estimate of drug-likeness (QED) is 0.763. The predicted octanol–water partition coefficient (Wildman–Crippen LogP) is 0.473.